The van der Waals surface area contributed by atoms with Crippen LogP contribution in [0, 0.1) is 0 Å². The monoisotopic (exact) mass is 488 g/mol. The SMILES string of the molecule is COc1ccc(/C=C/C(=O)c2ccc(N3C(=O)CC(Sc4cccc(N)c4)C3=O)cc2)cc1OC. The number of ketones is 1. The maximum absolute atomic E-state index is 12.9. The number of nitrogens with zero attached hydrogens (tertiary/aromatic N) is 1. The van der Waals surface area contributed by atoms with Gasteiger partial charge in [-0.05, 0) is 66.2 Å². The zero-order valence-electron chi connectivity index (χ0n) is 19.3. The lowest BCUT2D eigenvalue weighted by molar-refractivity contribution is -0.121. The summed E-state index contributed by atoms with van der Waals surface area (Å²) in [5.74, 6) is 0.406. The van der Waals surface area contributed by atoms with Crippen molar-refractivity contribution in [3.8, 4) is 11.5 Å². The highest BCUT2D eigenvalue weighted by Gasteiger charge is 2.40. The van der Waals surface area contributed by atoms with E-state index in [9.17, 15) is 14.4 Å². The Bertz CT molecular complexity index is 1300. The van der Waals surface area contributed by atoms with Crippen LogP contribution in [-0.4, -0.2) is 37.1 Å². The third-order valence-electron chi connectivity index (χ3n) is 5.49. The minimum atomic E-state index is -0.518. The summed E-state index contributed by atoms with van der Waals surface area (Å²) >= 11 is 1.32. The minimum absolute atomic E-state index is 0.104. The maximum Gasteiger partial charge on any atom is 0.247 e. The topological polar surface area (TPSA) is 98.9 Å². The number of allylic oxidation sites excluding steroid dienone is 1. The molecule has 1 fully saturated rings. The second kappa shape index (κ2) is 10.5. The van der Waals surface area contributed by atoms with E-state index in [1.54, 1.807) is 68.8 Å². The van der Waals surface area contributed by atoms with E-state index in [0.717, 1.165) is 10.5 Å². The van der Waals surface area contributed by atoms with Crippen molar-refractivity contribution in [2.75, 3.05) is 24.9 Å². The van der Waals surface area contributed by atoms with E-state index in [1.807, 2.05) is 18.2 Å². The van der Waals surface area contributed by atoms with Crippen molar-refractivity contribution in [2.45, 2.75) is 16.6 Å². The number of nitrogens with two attached hydrogens (primary N) is 1. The highest BCUT2D eigenvalue weighted by molar-refractivity contribution is 8.00. The van der Waals surface area contributed by atoms with E-state index in [4.69, 9.17) is 15.2 Å². The molecule has 1 unspecified atom stereocenters. The number of hydrogen-bond acceptors (Lipinski definition) is 7. The summed E-state index contributed by atoms with van der Waals surface area (Å²) in [6.45, 7) is 0. The average molecular weight is 489 g/mol. The van der Waals surface area contributed by atoms with Crippen molar-refractivity contribution in [1.82, 2.24) is 0 Å². The smallest absolute Gasteiger partial charge is 0.247 e. The van der Waals surface area contributed by atoms with Crippen molar-refractivity contribution in [2.24, 2.45) is 0 Å². The van der Waals surface area contributed by atoms with Crippen LogP contribution < -0.4 is 20.1 Å². The number of benzene rings is 3. The number of carbonyl (C=O) groups is 3. The zero-order chi connectivity index (χ0) is 24.9. The zero-order valence-corrected chi connectivity index (χ0v) is 20.1. The Morgan fingerprint density at radius 3 is 2.43 bits per heavy atom. The van der Waals surface area contributed by atoms with Crippen LogP contribution in [0.1, 0.15) is 22.3 Å². The molecule has 0 aromatic heterocycles. The first-order valence-electron chi connectivity index (χ1n) is 10.8. The Balaban J connectivity index is 1.44. The first kappa shape index (κ1) is 24.1. The minimum Gasteiger partial charge on any atom is -0.493 e. The van der Waals surface area contributed by atoms with Crippen LogP contribution in [0.3, 0.4) is 0 Å². The molecule has 1 atom stereocenters. The second-order valence-corrected chi connectivity index (χ2v) is 9.09. The Hall–Kier alpha value is -4.04. The number of methoxy groups -OCH3 is 2. The number of anilines is 2. The quantitative estimate of drug-likeness (QED) is 0.214. The molecular weight excluding hydrogens is 464 g/mol. The number of nitrogen functional groups attached to an aromatic ring is 1. The molecule has 4 rings (SSSR count). The predicted molar refractivity (Wildman–Crippen MR) is 137 cm³/mol. The van der Waals surface area contributed by atoms with Gasteiger partial charge in [-0.1, -0.05) is 18.2 Å². The number of hydrogen-bond donors (Lipinski definition) is 1. The molecule has 2 N–H and O–H groups in total. The van der Waals surface area contributed by atoms with Gasteiger partial charge in [0.2, 0.25) is 11.8 Å². The lowest BCUT2D eigenvalue weighted by Gasteiger charge is -2.15. The molecule has 1 aliphatic rings. The number of ether oxygens (including phenoxy) is 2. The summed E-state index contributed by atoms with van der Waals surface area (Å²) in [6, 6.07) is 19.0. The van der Waals surface area contributed by atoms with Gasteiger partial charge in [-0.2, -0.15) is 0 Å². The molecule has 0 saturated carbocycles. The van der Waals surface area contributed by atoms with E-state index in [0.29, 0.717) is 28.4 Å². The predicted octanol–water partition coefficient (Wildman–Crippen LogP) is 4.61. The van der Waals surface area contributed by atoms with Crippen molar-refractivity contribution in [1.29, 1.82) is 0 Å². The van der Waals surface area contributed by atoms with Gasteiger partial charge < -0.3 is 15.2 Å². The first-order valence-corrected chi connectivity index (χ1v) is 11.7. The van der Waals surface area contributed by atoms with Gasteiger partial charge in [0, 0.05) is 22.6 Å². The third-order valence-corrected chi connectivity index (χ3v) is 6.67. The molecule has 35 heavy (non-hydrogen) atoms. The van der Waals surface area contributed by atoms with Gasteiger partial charge in [0.15, 0.2) is 17.3 Å². The van der Waals surface area contributed by atoms with Crippen LogP contribution in [0.15, 0.2) is 77.7 Å². The third kappa shape index (κ3) is 5.38. The van der Waals surface area contributed by atoms with Gasteiger partial charge in [0.1, 0.15) is 0 Å². The Morgan fingerprint density at radius 1 is 1.00 bits per heavy atom. The number of rotatable bonds is 8. The molecular formula is C27H24N2O5S. The molecule has 0 spiro atoms. The van der Waals surface area contributed by atoms with E-state index in [2.05, 4.69) is 0 Å². The Morgan fingerprint density at radius 2 is 1.74 bits per heavy atom. The van der Waals surface area contributed by atoms with Crippen LogP contribution in [0.5, 0.6) is 11.5 Å². The van der Waals surface area contributed by atoms with Gasteiger partial charge in [-0.15, -0.1) is 11.8 Å². The van der Waals surface area contributed by atoms with Crippen molar-refractivity contribution in [3.05, 3.63) is 83.9 Å². The highest BCUT2D eigenvalue weighted by Crippen LogP contribution is 2.34. The fraction of sp³-hybridized carbons (Fsp3) is 0.148. The van der Waals surface area contributed by atoms with Crippen LogP contribution in [0.2, 0.25) is 0 Å². The first-order chi connectivity index (χ1) is 16.9. The molecule has 2 amide bonds. The molecule has 8 heteroatoms. The number of carbonyl (C=O) groups excluding carboxylic acids is 3. The standard InChI is InChI=1S/C27H24N2O5S/c1-33-23-13-7-17(14-24(23)34-2)6-12-22(30)18-8-10-20(11-9-18)29-26(31)16-25(27(29)32)35-21-5-3-4-19(28)15-21/h3-15,25H,16,28H2,1-2H3/b12-6+. The van der Waals surface area contributed by atoms with E-state index in [-0.39, 0.29) is 24.0 Å². The molecule has 178 valence electrons. The largest absolute Gasteiger partial charge is 0.493 e. The van der Waals surface area contributed by atoms with Gasteiger partial charge >= 0.3 is 0 Å². The number of amides is 2. The van der Waals surface area contributed by atoms with Gasteiger partial charge in [-0.25, -0.2) is 4.90 Å². The Kier molecular flexibility index (Phi) is 7.22. The summed E-state index contributed by atoms with van der Waals surface area (Å²) in [6.07, 6.45) is 3.25. The van der Waals surface area contributed by atoms with E-state index >= 15 is 0 Å². The molecule has 7 nitrogen and oxygen atoms in total. The van der Waals surface area contributed by atoms with Crippen LogP contribution in [-0.2, 0) is 9.59 Å². The summed E-state index contributed by atoms with van der Waals surface area (Å²) in [7, 11) is 3.11. The van der Waals surface area contributed by atoms with Crippen molar-refractivity contribution < 1.29 is 23.9 Å². The fourth-order valence-electron chi connectivity index (χ4n) is 3.72. The summed E-state index contributed by atoms with van der Waals surface area (Å²) < 4.78 is 10.5. The molecule has 3 aromatic carbocycles. The molecule has 1 saturated heterocycles. The molecule has 0 radical (unpaired) electrons. The number of thioether (sulfide) groups is 1. The summed E-state index contributed by atoms with van der Waals surface area (Å²) in [4.78, 5) is 40.2. The van der Waals surface area contributed by atoms with E-state index < -0.39 is 5.25 Å². The molecule has 3 aromatic rings. The average Bonchev–Trinajstić information content (AvgIpc) is 3.14. The Labute approximate surface area is 207 Å². The van der Waals surface area contributed by atoms with Gasteiger partial charge in [0.25, 0.3) is 0 Å². The van der Waals surface area contributed by atoms with Gasteiger partial charge in [0.05, 0.1) is 25.2 Å². The van der Waals surface area contributed by atoms with Crippen molar-refractivity contribution in [3.63, 3.8) is 0 Å². The van der Waals surface area contributed by atoms with Crippen LogP contribution in [0.25, 0.3) is 6.08 Å². The van der Waals surface area contributed by atoms with E-state index in [1.165, 1.54) is 22.7 Å². The number of imide groups is 1. The van der Waals surface area contributed by atoms with Gasteiger partial charge in [-0.3, -0.25) is 14.4 Å². The fourth-order valence-corrected chi connectivity index (χ4v) is 4.84. The lowest BCUT2D eigenvalue weighted by atomic mass is 10.1. The summed E-state index contributed by atoms with van der Waals surface area (Å²) in [5.41, 5.74) is 8.08. The molecule has 0 aliphatic carbocycles. The lowest BCUT2D eigenvalue weighted by Crippen LogP contribution is -2.31. The molecule has 1 aliphatic heterocycles. The maximum atomic E-state index is 12.9. The van der Waals surface area contributed by atoms with Crippen LogP contribution >= 0.6 is 11.8 Å². The summed E-state index contributed by atoms with van der Waals surface area (Å²) in [5, 5.41) is -0.518. The molecule has 0 bridgehead atoms. The second-order valence-electron chi connectivity index (χ2n) is 7.81. The normalized spacial score (nSPS) is 15.6. The van der Waals surface area contributed by atoms with Crippen LogP contribution in [0.4, 0.5) is 11.4 Å². The highest BCUT2D eigenvalue weighted by atomic mass is 32.2. The molecule has 1 heterocycles. The van der Waals surface area contributed by atoms with Crippen molar-refractivity contribution >= 4 is 46.8 Å².